The molecule has 0 N–H and O–H groups in total. The third kappa shape index (κ3) is 12.5. The molecular weight excluding hydrogens is 592 g/mol. The summed E-state index contributed by atoms with van der Waals surface area (Å²) < 4.78 is 12.8. The van der Waals surface area contributed by atoms with Crippen LogP contribution in [-0.2, 0) is 10.4 Å². The monoisotopic (exact) mass is 661 g/mol. The van der Waals surface area contributed by atoms with Crippen molar-refractivity contribution in [1.82, 2.24) is 9.88 Å². The van der Waals surface area contributed by atoms with Crippen LogP contribution in [0.25, 0.3) is 11.1 Å². The van der Waals surface area contributed by atoms with Gasteiger partial charge in [0.1, 0.15) is 17.1 Å². The molecule has 0 spiro atoms. The van der Waals surface area contributed by atoms with Crippen LogP contribution in [0.15, 0.2) is 30.6 Å². The number of rotatable bonds is 23. The lowest BCUT2D eigenvalue weighted by molar-refractivity contribution is -0.134. The summed E-state index contributed by atoms with van der Waals surface area (Å²) in [5.74, 6) is 1.62. The van der Waals surface area contributed by atoms with E-state index < -0.39 is 5.60 Å². The smallest absolute Gasteiger partial charge is 0.311 e. The molecule has 1 unspecified atom stereocenters. The average Bonchev–Trinajstić information content (AvgIpc) is 3.08. The molecule has 1 aromatic heterocycles. The minimum atomic E-state index is -0.489. The van der Waals surface area contributed by atoms with Crippen molar-refractivity contribution >= 4 is 5.97 Å². The van der Waals surface area contributed by atoms with Crippen molar-refractivity contribution in [3.8, 4) is 22.6 Å². The third-order valence-electron chi connectivity index (χ3n) is 10.8. The van der Waals surface area contributed by atoms with Crippen LogP contribution in [0.4, 0.5) is 0 Å². The molecule has 0 bridgehead atoms. The molecule has 1 atom stereocenters. The molecule has 1 aromatic carbocycles. The van der Waals surface area contributed by atoms with E-state index in [2.05, 4.69) is 49.7 Å². The lowest BCUT2D eigenvalue weighted by Crippen LogP contribution is -2.31. The van der Waals surface area contributed by atoms with Gasteiger partial charge in [0.05, 0.1) is 5.56 Å². The predicted octanol–water partition coefficient (Wildman–Crippen LogP) is 12.3. The fourth-order valence-corrected chi connectivity index (χ4v) is 7.74. The summed E-state index contributed by atoms with van der Waals surface area (Å²) in [4.78, 5) is 20.1. The summed E-state index contributed by atoms with van der Waals surface area (Å²) in [6, 6.07) is 6.32. The highest BCUT2D eigenvalue weighted by molar-refractivity contribution is 5.85. The number of nitrogens with zero attached hydrogens (tertiary/aromatic N) is 2. The number of likely N-dealkylation sites (tertiary alicyclic amines) is 1. The normalized spacial score (nSPS) is 16.2. The van der Waals surface area contributed by atoms with E-state index in [1.54, 1.807) is 0 Å². The summed E-state index contributed by atoms with van der Waals surface area (Å²) >= 11 is 0. The molecule has 1 fully saturated rings. The van der Waals surface area contributed by atoms with Crippen molar-refractivity contribution in [2.45, 2.75) is 180 Å². The number of benzene rings is 1. The molecule has 0 saturated carbocycles. The zero-order chi connectivity index (χ0) is 34.0. The van der Waals surface area contributed by atoms with Gasteiger partial charge >= 0.3 is 5.97 Å². The van der Waals surface area contributed by atoms with Crippen molar-refractivity contribution in [2.75, 3.05) is 19.6 Å². The lowest BCUT2D eigenvalue weighted by Gasteiger charge is -2.35. The highest BCUT2D eigenvalue weighted by atomic mass is 16.5. The van der Waals surface area contributed by atoms with E-state index in [1.807, 2.05) is 18.5 Å². The second-order valence-electron chi connectivity index (χ2n) is 15.4. The molecule has 3 heterocycles. The number of pyridine rings is 1. The number of carbonyl (C=O) groups excluding carboxylic acids is 1. The second-order valence-corrected chi connectivity index (χ2v) is 15.4. The zero-order valence-electron chi connectivity index (χ0n) is 31.3. The number of hydrogen-bond acceptors (Lipinski definition) is 5. The molecule has 2 aromatic rings. The van der Waals surface area contributed by atoms with Gasteiger partial charge in [0, 0.05) is 29.9 Å². The molecular formula is C43H68N2O3. The Morgan fingerprint density at radius 2 is 1.46 bits per heavy atom. The van der Waals surface area contributed by atoms with Crippen molar-refractivity contribution in [3.63, 3.8) is 0 Å². The fourth-order valence-electron chi connectivity index (χ4n) is 7.74. The van der Waals surface area contributed by atoms with Crippen LogP contribution in [0, 0.1) is 0 Å². The van der Waals surface area contributed by atoms with Gasteiger partial charge in [0.15, 0.2) is 0 Å². The molecule has 5 heteroatoms. The molecule has 5 nitrogen and oxygen atoms in total. The van der Waals surface area contributed by atoms with Gasteiger partial charge in [0.25, 0.3) is 0 Å². The Labute approximate surface area is 294 Å². The summed E-state index contributed by atoms with van der Waals surface area (Å²) in [5.41, 5.74) is 3.63. The number of hydrogen-bond donors (Lipinski definition) is 0. The first kappa shape index (κ1) is 38.4. The van der Waals surface area contributed by atoms with Crippen LogP contribution in [0.2, 0.25) is 0 Å². The van der Waals surface area contributed by atoms with Gasteiger partial charge in [-0.3, -0.25) is 9.78 Å². The van der Waals surface area contributed by atoms with E-state index in [1.165, 1.54) is 128 Å². The number of carbonyl (C=O) groups is 1. The first-order valence-electron chi connectivity index (χ1n) is 20.1. The molecule has 268 valence electrons. The minimum Gasteiger partial charge on any atom is -0.482 e. The van der Waals surface area contributed by atoms with Gasteiger partial charge in [-0.25, -0.2) is 0 Å². The largest absolute Gasteiger partial charge is 0.482 e. The van der Waals surface area contributed by atoms with Crippen LogP contribution in [0.5, 0.6) is 11.5 Å². The van der Waals surface area contributed by atoms with Crippen molar-refractivity contribution < 1.29 is 14.3 Å². The Hall–Kier alpha value is -2.40. The van der Waals surface area contributed by atoms with Crippen LogP contribution in [0.1, 0.15) is 186 Å². The van der Waals surface area contributed by atoms with Crippen molar-refractivity contribution in [2.24, 2.45) is 0 Å². The molecule has 0 amide bonds. The fraction of sp³-hybridized carbons (Fsp3) is 0.721. The van der Waals surface area contributed by atoms with Gasteiger partial charge < -0.3 is 14.4 Å². The predicted molar refractivity (Wildman–Crippen MR) is 201 cm³/mol. The molecule has 0 radical (unpaired) electrons. The first-order chi connectivity index (χ1) is 23.4. The van der Waals surface area contributed by atoms with Crippen LogP contribution in [0.3, 0.4) is 0 Å². The number of ether oxygens (including phenoxy) is 2. The maximum Gasteiger partial charge on any atom is 0.311 e. The second kappa shape index (κ2) is 21.0. The van der Waals surface area contributed by atoms with Gasteiger partial charge in [-0.05, 0) is 88.8 Å². The van der Waals surface area contributed by atoms with Crippen molar-refractivity contribution in [3.05, 3.63) is 41.7 Å². The Morgan fingerprint density at radius 3 is 2.08 bits per heavy atom. The van der Waals surface area contributed by atoms with E-state index >= 15 is 0 Å². The lowest BCUT2D eigenvalue weighted by atomic mass is 9.85. The maximum atomic E-state index is 13.2. The Bertz CT molecular complexity index is 1220. The zero-order valence-corrected chi connectivity index (χ0v) is 31.3. The summed E-state index contributed by atoms with van der Waals surface area (Å²) in [5, 5.41) is 0. The standard InChI is InChI=1S/C43H68N2O3/c1-5-6-7-8-9-10-11-12-13-14-15-16-17-18-19-21-25-35(2)36-32-39(47-41(46)26-24-31-45-29-22-20-23-30-45)42-37-34-44-28-27-38(37)43(3,4)48-40(42)33-36/h27-28,32-35H,5-26,29-31H2,1-4H3. The number of esters is 1. The topological polar surface area (TPSA) is 51.7 Å². The molecule has 2 aliphatic heterocycles. The SMILES string of the molecule is CCCCCCCCCCCCCCCCCCC(C)c1cc(OC(=O)CCCN2CCCCC2)c2c(c1)OC(C)(C)c1ccncc1-2. The molecule has 0 aliphatic carbocycles. The van der Waals surface area contributed by atoms with E-state index in [4.69, 9.17) is 9.47 Å². The molecule has 2 aliphatic rings. The minimum absolute atomic E-state index is 0.160. The number of fused-ring (bicyclic) bond motifs is 3. The van der Waals surface area contributed by atoms with Crippen LogP contribution < -0.4 is 9.47 Å². The van der Waals surface area contributed by atoms with E-state index in [-0.39, 0.29) is 5.97 Å². The Morgan fingerprint density at radius 1 is 0.854 bits per heavy atom. The first-order valence-corrected chi connectivity index (χ1v) is 20.1. The maximum absolute atomic E-state index is 13.2. The number of aromatic nitrogens is 1. The summed E-state index contributed by atoms with van der Waals surface area (Å²) in [6.07, 6.45) is 32.2. The molecule has 48 heavy (non-hydrogen) atoms. The number of unbranched alkanes of at least 4 members (excludes halogenated alkanes) is 15. The Balaban J connectivity index is 1.23. The van der Waals surface area contributed by atoms with E-state index in [0.717, 1.165) is 54.9 Å². The van der Waals surface area contributed by atoms with Gasteiger partial charge in [0.2, 0.25) is 0 Å². The Kier molecular flexibility index (Phi) is 16.8. The summed E-state index contributed by atoms with van der Waals surface area (Å²) in [7, 11) is 0. The van der Waals surface area contributed by atoms with Crippen LogP contribution in [-0.4, -0.2) is 35.5 Å². The molecule has 4 rings (SSSR count). The molecule has 1 saturated heterocycles. The van der Waals surface area contributed by atoms with Crippen LogP contribution >= 0.6 is 0 Å². The van der Waals surface area contributed by atoms with Gasteiger partial charge in [-0.15, -0.1) is 0 Å². The number of piperidine rings is 1. The van der Waals surface area contributed by atoms with Crippen molar-refractivity contribution in [1.29, 1.82) is 0 Å². The quantitative estimate of drug-likeness (QED) is 0.0674. The highest BCUT2D eigenvalue weighted by Gasteiger charge is 2.35. The average molecular weight is 661 g/mol. The highest BCUT2D eigenvalue weighted by Crippen LogP contribution is 2.50. The summed E-state index contributed by atoms with van der Waals surface area (Å²) in [6.45, 7) is 12.1. The van der Waals surface area contributed by atoms with Gasteiger partial charge in [-0.2, -0.15) is 0 Å². The van der Waals surface area contributed by atoms with E-state index in [0.29, 0.717) is 18.1 Å². The van der Waals surface area contributed by atoms with E-state index in [9.17, 15) is 4.79 Å². The van der Waals surface area contributed by atoms with Gasteiger partial charge in [-0.1, -0.05) is 123 Å². The third-order valence-corrected chi connectivity index (χ3v) is 10.8.